The smallest absolute Gasteiger partial charge is 0.237 e. The van der Waals surface area contributed by atoms with E-state index < -0.39 is 0 Å². The second-order valence-electron chi connectivity index (χ2n) is 8.44. The molecule has 1 aliphatic carbocycles. The lowest BCUT2D eigenvalue weighted by Gasteiger charge is -2.40. The molecule has 1 aromatic heterocycles. The second-order valence-corrected chi connectivity index (χ2v) is 8.44. The highest BCUT2D eigenvalue weighted by Gasteiger charge is 2.31. The summed E-state index contributed by atoms with van der Waals surface area (Å²) in [5, 5.41) is 3.17. The molecule has 1 amide bonds. The van der Waals surface area contributed by atoms with Gasteiger partial charge >= 0.3 is 0 Å². The van der Waals surface area contributed by atoms with E-state index in [1.807, 2.05) is 12.3 Å². The number of amides is 1. The first-order chi connectivity index (χ1) is 13.2. The van der Waals surface area contributed by atoms with Crippen LogP contribution in [0.15, 0.2) is 24.4 Å². The summed E-state index contributed by atoms with van der Waals surface area (Å²) in [4.78, 5) is 24.2. The molecular weight excluding hydrogens is 338 g/mol. The van der Waals surface area contributed by atoms with Gasteiger partial charge in [0.05, 0.1) is 6.04 Å². The van der Waals surface area contributed by atoms with Crippen LogP contribution in [0.3, 0.4) is 0 Å². The molecule has 3 heterocycles. The monoisotopic (exact) mass is 371 g/mol. The summed E-state index contributed by atoms with van der Waals surface area (Å²) in [6.07, 6.45) is 6.68. The topological polar surface area (TPSA) is 51.7 Å². The maximum Gasteiger partial charge on any atom is 0.237 e. The number of pyridine rings is 1. The summed E-state index contributed by atoms with van der Waals surface area (Å²) in [6, 6.07) is 6.60. The fourth-order valence-corrected chi connectivity index (χ4v) is 4.38. The first kappa shape index (κ1) is 18.7. The van der Waals surface area contributed by atoms with Gasteiger partial charge in [0.1, 0.15) is 5.82 Å². The van der Waals surface area contributed by atoms with Gasteiger partial charge in [-0.25, -0.2) is 4.98 Å². The highest BCUT2D eigenvalue weighted by molar-refractivity contribution is 5.81. The normalized spacial score (nSPS) is 26.0. The first-order valence-electron chi connectivity index (χ1n) is 10.6. The molecule has 6 heteroatoms. The Morgan fingerprint density at radius 3 is 2.70 bits per heavy atom. The van der Waals surface area contributed by atoms with Crippen LogP contribution in [-0.2, 0) is 4.79 Å². The number of nitrogens with zero attached hydrogens (tertiary/aromatic N) is 4. The van der Waals surface area contributed by atoms with Crippen molar-refractivity contribution in [3.63, 3.8) is 0 Å². The summed E-state index contributed by atoms with van der Waals surface area (Å²) in [5.41, 5.74) is 0. The van der Waals surface area contributed by atoms with Crippen molar-refractivity contribution in [2.75, 3.05) is 50.7 Å². The van der Waals surface area contributed by atoms with Gasteiger partial charge in [0, 0.05) is 51.5 Å². The molecule has 3 fully saturated rings. The van der Waals surface area contributed by atoms with Crippen LogP contribution >= 0.6 is 0 Å². The van der Waals surface area contributed by atoms with Crippen LogP contribution < -0.4 is 10.2 Å². The molecule has 1 saturated carbocycles. The van der Waals surface area contributed by atoms with Crippen molar-refractivity contribution < 1.29 is 4.79 Å². The number of carbonyl (C=O) groups excluding carboxylic acids is 1. The molecule has 27 heavy (non-hydrogen) atoms. The Labute approximate surface area is 162 Å². The highest BCUT2D eigenvalue weighted by atomic mass is 16.2. The van der Waals surface area contributed by atoms with Crippen LogP contribution in [0.5, 0.6) is 0 Å². The number of hydrogen-bond acceptors (Lipinski definition) is 5. The Balaban J connectivity index is 1.23. The van der Waals surface area contributed by atoms with Crippen LogP contribution in [-0.4, -0.2) is 78.6 Å². The van der Waals surface area contributed by atoms with Crippen molar-refractivity contribution in [1.82, 2.24) is 20.1 Å². The van der Waals surface area contributed by atoms with E-state index in [2.05, 4.69) is 44.1 Å². The van der Waals surface area contributed by atoms with Gasteiger partial charge in [0.2, 0.25) is 5.91 Å². The molecule has 4 rings (SSSR count). The van der Waals surface area contributed by atoms with E-state index in [0.29, 0.717) is 12.0 Å². The van der Waals surface area contributed by atoms with E-state index in [1.165, 1.54) is 12.8 Å². The largest absolute Gasteiger partial charge is 0.354 e. The third-order valence-electron chi connectivity index (χ3n) is 6.26. The summed E-state index contributed by atoms with van der Waals surface area (Å²) in [7, 11) is 0. The number of hydrogen-bond donors (Lipinski definition) is 1. The number of carbonyl (C=O) groups is 1. The standard InChI is InChI=1S/C21H33N5O/c1-17(21(27)23-19-7-8-19)26-10-4-5-18(16-26)15-24-11-13-25(14-12-24)20-6-2-3-9-22-20/h2-3,6,9,17-19H,4-5,7-8,10-16H2,1H3,(H,23,27). The third kappa shape index (κ3) is 4.99. The van der Waals surface area contributed by atoms with E-state index in [1.54, 1.807) is 0 Å². The van der Waals surface area contributed by atoms with Gasteiger partial charge < -0.3 is 10.2 Å². The molecule has 1 aromatic rings. The highest BCUT2D eigenvalue weighted by Crippen LogP contribution is 2.23. The number of aromatic nitrogens is 1. The van der Waals surface area contributed by atoms with Crippen LogP contribution in [0.2, 0.25) is 0 Å². The van der Waals surface area contributed by atoms with E-state index in [-0.39, 0.29) is 11.9 Å². The van der Waals surface area contributed by atoms with Gasteiger partial charge in [0.15, 0.2) is 0 Å². The molecule has 2 unspecified atom stereocenters. The predicted octanol–water partition coefficient (Wildman–Crippen LogP) is 1.58. The predicted molar refractivity (Wildman–Crippen MR) is 108 cm³/mol. The Hall–Kier alpha value is -1.66. The van der Waals surface area contributed by atoms with Crippen molar-refractivity contribution >= 4 is 11.7 Å². The Kier molecular flexibility index (Phi) is 5.93. The fraction of sp³-hybridized carbons (Fsp3) is 0.714. The third-order valence-corrected chi connectivity index (χ3v) is 6.26. The molecular formula is C21H33N5O. The van der Waals surface area contributed by atoms with Gasteiger partial charge in [0.25, 0.3) is 0 Å². The van der Waals surface area contributed by atoms with Crippen molar-refractivity contribution in [1.29, 1.82) is 0 Å². The maximum absolute atomic E-state index is 12.4. The molecule has 0 bridgehead atoms. The number of rotatable bonds is 6. The summed E-state index contributed by atoms with van der Waals surface area (Å²) < 4.78 is 0. The molecule has 6 nitrogen and oxygen atoms in total. The lowest BCUT2D eigenvalue weighted by atomic mass is 9.95. The van der Waals surface area contributed by atoms with Crippen LogP contribution in [0, 0.1) is 5.92 Å². The first-order valence-corrected chi connectivity index (χ1v) is 10.6. The molecule has 0 radical (unpaired) electrons. The van der Waals surface area contributed by atoms with Crippen molar-refractivity contribution in [3.8, 4) is 0 Å². The molecule has 148 valence electrons. The van der Waals surface area contributed by atoms with E-state index in [0.717, 1.165) is 64.5 Å². The quantitative estimate of drug-likeness (QED) is 0.823. The Morgan fingerprint density at radius 1 is 1.19 bits per heavy atom. The lowest BCUT2D eigenvalue weighted by molar-refractivity contribution is -0.126. The molecule has 3 aliphatic rings. The number of piperidine rings is 1. The van der Waals surface area contributed by atoms with E-state index >= 15 is 0 Å². The molecule has 2 saturated heterocycles. The zero-order chi connectivity index (χ0) is 18.6. The lowest BCUT2D eigenvalue weighted by Crippen LogP contribution is -2.53. The Morgan fingerprint density at radius 2 is 2.00 bits per heavy atom. The Bertz CT molecular complexity index is 612. The number of nitrogens with one attached hydrogen (secondary N) is 1. The van der Waals surface area contributed by atoms with Crippen molar-refractivity contribution in [2.24, 2.45) is 5.92 Å². The van der Waals surface area contributed by atoms with Crippen molar-refractivity contribution in [2.45, 2.75) is 44.7 Å². The fourth-order valence-electron chi connectivity index (χ4n) is 4.38. The molecule has 0 aromatic carbocycles. The van der Waals surface area contributed by atoms with Gasteiger partial charge in [-0.05, 0) is 57.2 Å². The molecule has 1 N–H and O–H groups in total. The van der Waals surface area contributed by atoms with E-state index in [9.17, 15) is 4.79 Å². The molecule has 2 aliphatic heterocycles. The minimum atomic E-state index is 0.00871. The summed E-state index contributed by atoms with van der Waals surface area (Å²) in [5.74, 6) is 2.00. The number of anilines is 1. The van der Waals surface area contributed by atoms with Crippen LogP contribution in [0.25, 0.3) is 0 Å². The second kappa shape index (κ2) is 8.57. The van der Waals surface area contributed by atoms with Gasteiger partial charge in [-0.1, -0.05) is 6.07 Å². The molecule has 0 spiro atoms. The SMILES string of the molecule is CC(C(=O)NC1CC1)N1CCCC(CN2CCN(c3ccccn3)CC2)C1. The van der Waals surface area contributed by atoms with Crippen molar-refractivity contribution in [3.05, 3.63) is 24.4 Å². The number of likely N-dealkylation sites (tertiary alicyclic amines) is 1. The minimum absolute atomic E-state index is 0.00871. The maximum atomic E-state index is 12.4. The molecule has 2 atom stereocenters. The van der Waals surface area contributed by atoms with Crippen LogP contribution in [0.4, 0.5) is 5.82 Å². The van der Waals surface area contributed by atoms with E-state index in [4.69, 9.17) is 0 Å². The average Bonchev–Trinajstić information content (AvgIpc) is 3.53. The van der Waals surface area contributed by atoms with Crippen LogP contribution in [0.1, 0.15) is 32.6 Å². The zero-order valence-corrected chi connectivity index (χ0v) is 16.5. The average molecular weight is 372 g/mol. The minimum Gasteiger partial charge on any atom is -0.354 e. The zero-order valence-electron chi connectivity index (χ0n) is 16.5. The van der Waals surface area contributed by atoms with Gasteiger partial charge in [-0.3, -0.25) is 14.6 Å². The summed E-state index contributed by atoms with van der Waals surface area (Å²) >= 11 is 0. The number of piperazine rings is 1. The van der Waals surface area contributed by atoms with Gasteiger partial charge in [-0.15, -0.1) is 0 Å². The summed E-state index contributed by atoms with van der Waals surface area (Å²) in [6.45, 7) is 9.65. The van der Waals surface area contributed by atoms with Gasteiger partial charge in [-0.2, -0.15) is 0 Å².